The Morgan fingerprint density at radius 2 is 1.95 bits per heavy atom. The van der Waals surface area contributed by atoms with Gasteiger partial charge in [0.15, 0.2) is 5.65 Å². The highest BCUT2D eigenvalue weighted by atomic mass is 35.5. The zero-order valence-corrected chi connectivity index (χ0v) is 10.2. The predicted molar refractivity (Wildman–Crippen MR) is 72.2 cm³/mol. The Hall–Kier alpha value is -2.54. The van der Waals surface area contributed by atoms with E-state index in [4.69, 9.17) is 17.3 Å². The van der Waals surface area contributed by atoms with Crippen LogP contribution in [0.2, 0.25) is 5.02 Å². The van der Waals surface area contributed by atoms with Crippen molar-refractivity contribution in [2.75, 3.05) is 5.73 Å². The van der Waals surface area contributed by atoms with Gasteiger partial charge in [-0.3, -0.25) is 14.8 Å². The number of H-pyrrole nitrogens is 3. The number of imidazole rings is 1. The number of nitrogens with two attached hydrogens (primary N) is 1. The third kappa shape index (κ3) is 1.80. The monoisotopic (exact) mass is 277 g/mol. The summed E-state index contributed by atoms with van der Waals surface area (Å²) in [4.78, 5) is 34.2. The van der Waals surface area contributed by atoms with Crippen LogP contribution < -0.4 is 17.0 Å². The van der Waals surface area contributed by atoms with Crippen molar-refractivity contribution in [2.45, 2.75) is 0 Å². The molecule has 0 radical (unpaired) electrons. The average molecular weight is 278 g/mol. The van der Waals surface area contributed by atoms with Crippen molar-refractivity contribution >= 4 is 28.5 Å². The zero-order valence-electron chi connectivity index (χ0n) is 9.45. The minimum atomic E-state index is -0.623. The smallest absolute Gasteiger partial charge is 0.327 e. The largest absolute Gasteiger partial charge is 0.398 e. The van der Waals surface area contributed by atoms with E-state index in [1.807, 2.05) is 0 Å². The molecule has 1 aromatic carbocycles. The molecule has 8 heteroatoms. The second-order valence-electron chi connectivity index (χ2n) is 3.92. The van der Waals surface area contributed by atoms with Crippen LogP contribution in [-0.4, -0.2) is 19.9 Å². The molecule has 0 unspecified atom stereocenters. The Kier molecular flexibility index (Phi) is 2.42. The molecule has 0 aliphatic rings. The number of nitrogens with one attached hydrogen (secondary N) is 3. The highest BCUT2D eigenvalue weighted by molar-refractivity contribution is 6.33. The fourth-order valence-electron chi connectivity index (χ4n) is 1.84. The molecule has 96 valence electrons. The summed E-state index contributed by atoms with van der Waals surface area (Å²) in [5, 5.41) is 0.401. The lowest BCUT2D eigenvalue weighted by atomic mass is 10.2. The van der Waals surface area contributed by atoms with Gasteiger partial charge in [0.2, 0.25) is 0 Å². The van der Waals surface area contributed by atoms with E-state index in [0.29, 0.717) is 22.1 Å². The predicted octanol–water partition coefficient (Wildman–Crippen LogP) is 0.842. The third-order valence-electron chi connectivity index (χ3n) is 2.67. The van der Waals surface area contributed by atoms with Crippen molar-refractivity contribution in [2.24, 2.45) is 0 Å². The second kappa shape index (κ2) is 3.99. The number of aromatic amines is 3. The summed E-state index contributed by atoms with van der Waals surface area (Å²) in [6.45, 7) is 0. The van der Waals surface area contributed by atoms with Crippen molar-refractivity contribution in [3.63, 3.8) is 0 Å². The van der Waals surface area contributed by atoms with E-state index in [-0.39, 0.29) is 11.2 Å². The first kappa shape index (κ1) is 11.5. The lowest BCUT2D eigenvalue weighted by Gasteiger charge is -2.03. The van der Waals surface area contributed by atoms with E-state index < -0.39 is 11.2 Å². The molecule has 0 aliphatic heterocycles. The van der Waals surface area contributed by atoms with Crippen molar-refractivity contribution in [3.05, 3.63) is 44.1 Å². The van der Waals surface area contributed by atoms with Crippen molar-refractivity contribution in [1.29, 1.82) is 0 Å². The number of hydrogen-bond acceptors (Lipinski definition) is 4. The van der Waals surface area contributed by atoms with Gasteiger partial charge >= 0.3 is 5.69 Å². The normalized spacial score (nSPS) is 11.0. The molecule has 0 spiro atoms. The van der Waals surface area contributed by atoms with Crippen molar-refractivity contribution in [1.82, 2.24) is 19.9 Å². The van der Waals surface area contributed by atoms with Crippen LogP contribution in [0.5, 0.6) is 0 Å². The van der Waals surface area contributed by atoms with E-state index in [9.17, 15) is 9.59 Å². The zero-order chi connectivity index (χ0) is 13.6. The van der Waals surface area contributed by atoms with Gasteiger partial charge in [0.05, 0.1) is 10.6 Å². The SMILES string of the molecule is Nc1cccc(Cl)c1-c1nc2[nH]c(=O)[nH]c(=O)c2[nH]1. The molecule has 0 amide bonds. The summed E-state index contributed by atoms with van der Waals surface area (Å²) in [6, 6.07) is 5.04. The summed E-state index contributed by atoms with van der Waals surface area (Å²) in [7, 11) is 0. The first-order chi connectivity index (χ1) is 9.06. The standard InChI is InChI=1S/C11H8ClN5O2/c12-4-2-1-3-5(13)6(4)8-14-7-9(15-8)16-11(19)17-10(7)18/h1-3H,13H2,(H3,14,15,16,17,18,19). The van der Waals surface area contributed by atoms with Gasteiger partial charge in [0, 0.05) is 5.69 Å². The van der Waals surface area contributed by atoms with Gasteiger partial charge in [0.25, 0.3) is 5.56 Å². The molecule has 5 N–H and O–H groups in total. The number of rotatable bonds is 1. The van der Waals surface area contributed by atoms with E-state index in [1.165, 1.54) is 0 Å². The molecule has 19 heavy (non-hydrogen) atoms. The van der Waals surface area contributed by atoms with Crippen LogP contribution >= 0.6 is 11.6 Å². The van der Waals surface area contributed by atoms with Crippen molar-refractivity contribution in [3.8, 4) is 11.4 Å². The Labute approximate surface area is 110 Å². The maximum absolute atomic E-state index is 11.6. The van der Waals surface area contributed by atoms with E-state index in [1.54, 1.807) is 18.2 Å². The summed E-state index contributed by atoms with van der Waals surface area (Å²) >= 11 is 6.06. The molecule has 0 aliphatic carbocycles. The Morgan fingerprint density at radius 3 is 2.68 bits per heavy atom. The number of nitrogens with zero attached hydrogens (tertiary/aromatic N) is 1. The van der Waals surface area contributed by atoms with Crippen LogP contribution in [0.1, 0.15) is 0 Å². The van der Waals surface area contributed by atoms with Crippen LogP contribution in [0.15, 0.2) is 27.8 Å². The first-order valence-electron chi connectivity index (χ1n) is 5.33. The summed E-state index contributed by atoms with van der Waals surface area (Å²) < 4.78 is 0. The maximum atomic E-state index is 11.6. The number of anilines is 1. The molecule has 3 rings (SSSR count). The highest BCUT2D eigenvalue weighted by Gasteiger charge is 2.14. The molecular formula is C11H8ClN5O2. The molecule has 2 aromatic heterocycles. The molecule has 0 saturated carbocycles. The fraction of sp³-hybridized carbons (Fsp3) is 0. The summed E-state index contributed by atoms with van der Waals surface area (Å²) in [5.74, 6) is 0.324. The second-order valence-corrected chi connectivity index (χ2v) is 4.33. The Morgan fingerprint density at radius 1 is 1.16 bits per heavy atom. The Balaban J connectivity index is 2.36. The van der Waals surface area contributed by atoms with Gasteiger partial charge in [-0.2, -0.15) is 0 Å². The quantitative estimate of drug-likeness (QED) is 0.493. The maximum Gasteiger partial charge on any atom is 0.327 e. The number of halogens is 1. The average Bonchev–Trinajstić information content (AvgIpc) is 2.72. The van der Waals surface area contributed by atoms with Crippen LogP contribution in [-0.2, 0) is 0 Å². The minimum Gasteiger partial charge on any atom is -0.398 e. The number of fused-ring (bicyclic) bond motifs is 1. The van der Waals surface area contributed by atoms with E-state index in [2.05, 4.69) is 19.9 Å². The van der Waals surface area contributed by atoms with Gasteiger partial charge in [-0.1, -0.05) is 17.7 Å². The topological polar surface area (TPSA) is 120 Å². The van der Waals surface area contributed by atoms with Crippen LogP contribution in [0, 0.1) is 0 Å². The number of hydrogen-bond donors (Lipinski definition) is 4. The molecule has 0 saturated heterocycles. The Bertz CT molecular complexity index is 872. The third-order valence-corrected chi connectivity index (χ3v) is 2.99. The first-order valence-corrected chi connectivity index (χ1v) is 5.71. The van der Waals surface area contributed by atoms with Gasteiger partial charge in [-0.25, -0.2) is 9.78 Å². The summed E-state index contributed by atoms with van der Waals surface area (Å²) in [6.07, 6.45) is 0. The molecular weight excluding hydrogens is 270 g/mol. The minimum absolute atomic E-state index is 0.156. The van der Waals surface area contributed by atoms with Gasteiger partial charge < -0.3 is 10.7 Å². The molecule has 3 aromatic rings. The lowest BCUT2D eigenvalue weighted by molar-refractivity contribution is 1.07. The van der Waals surface area contributed by atoms with Crippen LogP contribution in [0.4, 0.5) is 5.69 Å². The van der Waals surface area contributed by atoms with Crippen LogP contribution in [0.25, 0.3) is 22.6 Å². The van der Waals surface area contributed by atoms with Crippen LogP contribution in [0.3, 0.4) is 0 Å². The number of aromatic nitrogens is 4. The number of benzene rings is 1. The molecule has 0 bridgehead atoms. The molecule has 2 heterocycles. The molecule has 0 fully saturated rings. The van der Waals surface area contributed by atoms with E-state index >= 15 is 0 Å². The number of nitrogen functional groups attached to an aromatic ring is 1. The molecule has 0 atom stereocenters. The van der Waals surface area contributed by atoms with Gasteiger partial charge in [-0.05, 0) is 12.1 Å². The van der Waals surface area contributed by atoms with Gasteiger partial charge in [-0.15, -0.1) is 0 Å². The van der Waals surface area contributed by atoms with E-state index in [0.717, 1.165) is 0 Å². The van der Waals surface area contributed by atoms with Crippen molar-refractivity contribution < 1.29 is 0 Å². The molecule has 7 nitrogen and oxygen atoms in total. The highest BCUT2D eigenvalue weighted by Crippen LogP contribution is 2.31. The fourth-order valence-corrected chi connectivity index (χ4v) is 2.11. The lowest BCUT2D eigenvalue weighted by Crippen LogP contribution is -2.21. The van der Waals surface area contributed by atoms with Gasteiger partial charge in [0.1, 0.15) is 11.3 Å². The summed E-state index contributed by atoms with van der Waals surface area (Å²) in [5.41, 5.74) is 5.89.